The Morgan fingerprint density at radius 2 is 1.86 bits per heavy atom. The summed E-state index contributed by atoms with van der Waals surface area (Å²) in [6, 6.07) is 8.87. The van der Waals surface area contributed by atoms with E-state index in [2.05, 4.69) is 43.0 Å². The van der Waals surface area contributed by atoms with Crippen molar-refractivity contribution in [2.45, 2.75) is 50.8 Å². The van der Waals surface area contributed by atoms with E-state index in [9.17, 15) is 4.79 Å². The number of benzene rings is 1. The van der Waals surface area contributed by atoms with E-state index in [-0.39, 0.29) is 5.37 Å². The van der Waals surface area contributed by atoms with E-state index in [1.54, 1.807) is 0 Å². The summed E-state index contributed by atoms with van der Waals surface area (Å²) in [5, 5.41) is 0.235. The molecule has 1 saturated carbocycles. The number of rotatable bonds is 3. The molecule has 1 aromatic carbocycles. The SMILES string of the molecule is CC(C)c1ccc(C2SCCN2C(=O)C2CCCC2)cc1. The quantitative estimate of drug-likeness (QED) is 0.815. The van der Waals surface area contributed by atoms with Gasteiger partial charge in [-0.15, -0.1) is 11.8 Å². The monoisotopic (exact) mass is 303 g/mol. The van der Waals surface area contributed by atoms with Crippen molar-refractivity contribution in [2.24, 2.45) is 5.92 Å². The number of amides is 1. The molecule has 2 fully saturated rings. The largest absolute Gasteiger partial charge is 0.325 e. The van der Waals surface area contributed by atoms with Crippen LogP contribution in [0.2, 0.25) is 0 Å². The first-order chi connectivity index (χ1) is 10.2. The Morgan fingerprint density at radius 3 is 2.48 bits per heavy atom. The molecule has 2 nitrogen and oxygen atoms in total. The van der Waals surface area contributed by atoms with Gasteiger partial charge in [0.25, 0.3) is 0 Å². The van der Waals surface area contributed by atoms with Crippen LogP contribution in [0, 0.1) is 5.92 Å². The maximum atomic E-state index is 12.7. The molecule has 3 rings (SSSR count). The van der Waals surface area contributed by atoms with Crippen molar-refractivity contribution >= 4 is 17.7 Å². The van der Waals surface area contributed by atoms with Crippen molar-refractivity contribution < 1.29 is 4.79 Å². The molecule has 114 valence electrons. The van der Waals surface area contributed by atoms with E-state index >= 15 is 0 Å². The van der Waals surface area contributed by atoms with Gasteiger partial charge >= 0.3 is 0 Å². The van der Waals surface area contributed by atoms with Crippen LogP contribution in [0.1, 0.15) is 61.9 Å². The summed E-state index contributed by atoms with van der Waals surface area (Å²) in [5.74, 6) is 2.32. The Bertz CT molecular complexity index is 490. The Hall–Kier alpha value is -0.960. The van der Waals surface area contributed by atoms with Crippen molar-refractivity contribution in [1.82, 2.24) is 4.90 Å². The lowest BCUT2D eigenvalue weighted by Crippen LogP contribution is -2.34. The summed E-state index contributed by atoms with van der Waals surface area (Å²) in [5.41, 5.74) is 2.66. The lowest BCUT2D eigenvalue weighted by molar-refractivity contribution is -0.135. The van der Waals surface area contributed by atoms with E-state index in [1.807, 2.05) is 11.8 Å². The maximum Gasteiger partial charge on any atom is 0.226 e. The van der Waals surface area contributed by atoms with Gasteiger partial charge in [0.1, 0.15) is 5.37 Å². The van der Waals surface area contributed by atoms with E-state index in [0.29, 0.717) is 17.7 Å². The second-order valence-corrected chi connectivity index (χ2v) is 7.75. The minimum atomic E-state index is 0.235. The minimum absolute atomic E-state index is 0.235. The first-order valence-corrected chi connectivity index (χ1v) is 9.23. The second-order valence-electron chi connectivity index (χ2n) is 6.56. The van der Waals surface area contributed by atoms with E-state index in [0.717, 1.165) is 25.1 Å². The molecule has 0 aromatic heterocycles. The highest BCUT2D eigenvalue weighted by atomic mass is 32.2. The first-order valence-electron chi connectivity index (χ1n) is 8.19. The van der Waals surface area contributed by atoms with Crippen molar-refractivity contribution in [3.63, 3.8) is 0 Å². The average Bonchev–Trinajstić information content (AvgIpc) is 3.18. The van der Waals surface area contributed by atoms with Crippen molar-refractivity contribution in [3.05, 3.63) is 35.4 Å². The van der Waals surface area contributed by atoms with E-state index < -0.39 is 0 Å². The van der Waals surface area contributed by atoms with Crippen LogP contribution in [0.5, 0.6) is 0 Å². The van der Waals surface area contributed by atoms with Crippen LogP contribution in [0.4, 0.5) is 0 Å². The van der Waals surface area contributed by atoms with Crippen LogP contribution in [0.15, 0.2) is 24.3 Å². The third-order valence-corrected chi connectivity index (χ3v) is 6.03. The molecular formula is C18H25NOS. The van der Waals surface area contributed by atoms with Crippen LogP contribution in [-0.4, -0.2) is 23.1 Å². The van der Waals surface area contributed by atoms with Gasteiger partial charge in [0.15, 0.2) is 0 Å². The zero-order chi connectivity index (χ0) is 14.8. The highest BCUT2D eigenvalue weighted by molar-refractivity contribution is 7.99. The van der Waals surface area contributed by atoms with Gasteiger partial charge in [-0.25, -0.2) is 0 Å². The molecule has 0 spiro atoms. The van der Waals surface area contributed by atoms with E-state index in [1.165, 1.54) is 24.0 Å². The number of carbonyl (C=O) groups excluding carboxylic acids is 1. The summed E-state index contributed by atoms with van der Waals surface area (Å²) in [6.07, 6.45) is 4.65. The fraction of sp³-hybridized carbons (Fsp3) is 0.611. The lowest BCUT2D eigenvalue weighted by atomic mass is 10.0. The van der Waals surface area contributed by atoms with Gasteiger partial charge in [0.05, 0.1) is 0 Å². The Morgan fingerprint density at radius 1 is 1.19 bits per heavy atom. The van der Waals surface area contributed by atoms with E-state index in [4.69, 9.17) is 0 Å². The number of hydrogen-bond acceptors (Lipinski definition) is 2. The molecule has 0 radical (unpaired) electrons. The predicted molar refractivity (Wildman–Crippen MR) is 89.4 cm³/mol. The van der Waals surface area contributed by atoms with Crippen LogP contribution < -0.4 is 0 Å². The smallest absolute Gasteiger partial charge is 0.226 e. The molecule has 21 heavy (non-hydrogen) atoms. The van der Waals surface area contributed by atoms with Crippen LogP contribution >= 0.6 is 11.8 Å². The summed E-state index contributed by atoms with van der Waals surface area (Å²) in [6.45, 7) is 5.35. The van der Waals surface area contributed by atoms with Gasteiger partial charge in [0.2, 0.25) is 5.91 Å². The molecule has 1 unspecified atom stereocenters. The van der Waals surface area contributed by atoms with Gasteiger partial charge in [-0.05, 0) is 29.9 Å². The number of thioether (sulfide) groups is 1. The Balaban J connectivity index is 1.75. The molecule has 0 bridgehead atoms. The molecule has 1 aromatic rings. The number of nitrogens with zero attached hydrogens (tertiary/aromatic N) is 1. The molecular weight excluding hydrogens is 278 g/mol. The fourth-order valence-electron chi connectivity index (χ4n) is 3.42. The fourth-order valence-corrected chi connectivity index (χ4v) is 4.69. The third-order valence-electron chi connectivity index (χ3n) is 4.77. The normalized spacial score (nSPS) is 23.2. The average molecular weight is 303 g/mol. The summed E-state index contributed by atoms with van der Waals surface area (Å²) in [7, 11) is 0. The van der Waals surface area contributed by atoms with Crippen molar-refractivity contribution in [2.75, 3.05) is 12.3 Å². The molecule has 1 aliphatic carbocycles. The van der Waals surface area contributed by atoms with Gasteiger partial charge in [-0.2, -0.15) is 0 Å². The highest BCUT2D eigenvalue weighted by Crippen LogP contribution is 2.40. The molecule has 2 aliphatic rings. The molecule has 3 heteroatoms. The Labute approximate surface area is 132 Å². The lowest BCUT2D eigenvalue weighted by Gasteiger charge is -2.27. The maximum absolute atomic E-state index is 12.7. The molecule has 1 heterocycles. The predicted octanol–water partition coefficient (Wildman–Crippen LogP) is 4.57. The van der Waals surface area contributed by atoms with Gasteiger partial charge in [-0.3, -0.25) is 4.79 Å². The zero-order valence-corrected chi connectivity index (χ0v) is 13.9. The van der Waals surface area contributed by atoms with Crippen LogP contribution in [0.3, 0.4) is 0 Å². The molecule has 1 aliphatic heterocycles. The molecule has 0 N–H and O–H groups in total. The van der Waals surface area contributed by atoms with Gasteiger partial charge in [0, 0.05) is 18.2 Å². The van der Waals surface area contributed by atoms with Gasteiger partial charge < -0.3 is 4.90 Å². The molecule has 1 atom stereocenters. The second kappa shape index (κ2) is 6.43. The van der Waals surface area contributed by atoms with Crippen molar-refractivity contribution in [3.8, 4) is 0 Å². The molecule has 1 amide bonds. The summed E-state index contributed by atoms with van der Waals surface area (Å²) in [4.78, 5) is 14.8. The van der Waals surface area contributed by atoms with Crippen LogP contribution in [-0.2, 0) is 4.79 Å². The highest BCUT2D eigenvalue weighted by Gasteiger charge is 2.35. The van der Waals surface area contributed by atoms with Crippen LogP contribution in [0.25, 0.3) is 0 Å². The minimum Gasteiger partial charge on any atom is -0.325 e. The number of carbonyl (C=O) groups is 1. The number of hydrogen-bond donors (Lipinski definition) is 0. The topological polar surface area (TPSA) is 20.3 Å². The third kappa shape index (κ3) is 3.13. The first kappa shape index (κ1) is 15.0. The van der Waals surface area contributed by atoms with Gasteiger partial charge in [-0.1, -0.05) is 51.0 Å². The zero-order valence-electron chi connectivity index (χ0n) is 13.0. The summed E-state index contributed by atoms with van der Waals surface area (Å²) < 4.78 is 0. The standard InChI is InChI=1S/C18H25NOS/c1-13(2)14-7-9-16(10-8-14)18-19(11-12-21-18)17(20)15-5-3-4-6-15/h7-10,13,15,18H,3-6,11-12H2,1-2H3. The molecule has 1 saturated heterocycles. The van der Waals surface area contributed by atoms with Crippen molar-refractivity contribution in [1.29, 1.82) is 0 Å². The summed E-state index contributed by atoms with van der Waals surface area (Å²) >= 11 is 1.91. The Kier molecular flexibility index (Phi) is 4.58.